The number of ether oxygens (including phenoxy) is 4. The predicted octanol–water partition coefficient (Wildman–Crippen LogP) is 2.54. The summed E-state index contributed by atoms with van der Waals surface area (Å²) in [6, 6.07) is 18.3. The van der Waals surface area contributed by atoms with Crippen LogP contribution < -0.4 is 180 Å². The van der Waals surface area contributed by atoms with Gasteiger partial charge < -0.3 is 117 Å². The van der Waals surface area contributed by atoms with Crippen molar-refractivity contribution in [3.05, 3.63) is 139 Å². The number of carbonyl (C=O) groups is 10. The van der Waals surface area contributed by atoms with E-state index in [1.54, 1.807) is 75.1 Å². The number of alkyl carbamates (subject to hydrolysis) is 4. The van der Waals surface area contributed by atoms with E-state index in [1.165, 1.54) is 16.8 Å². The quantitative estimate of drug-likeness (QED) is 0.00450. The molecule has 22 N–H and O–H groups in total. The van der Waals surface area contributed by atoms with Crippen molar-refractivity contribution in [2.45, 2.75) is 184 Å². The van der Waals surface area contributed by atoms with Crippen LogP contribution in [0.4, 0.5) is 58.0 Å². The molecule has 0 atom stereocenters. The number of nitrogen functional groups attached to an aromatic ring is 2. The molecule has 2 heterocycles. The number of carbonyl (C=O) groups excluding carboxylic acids is 9. The molecule has 4 aromatic carbocycles. The number of nitro benzene ring substituents is 2. The monoisotopic (exact) mass is 1820 g/mol. The number of nitrogens with zero attached hydrogens (tertiary/aromatic N) is 7. The minimum Gasteiger partial charge on any atom is -1.00 e. The predicted molar refractivity (Wildman–Crippen MR) is 446 cm³/mol. The third-order valence-electron chi connectivity index (χ3n) is 13.7. The van der Waals surface area contributed by atoms with Gasteiger partial charge in [0.2, 0.25) is 35.4 Å². The summed E-state index contributed by atoms with van der Waals surface area (Å²) in [4.78, 5) is 137. The van der Waals surface area contributed by atoms with E-state index in [2.05, 4.69) is 62.8 Å². The Morgan fingerprint density at radius 1 is 0.579 bits per heavy atom. The van der Waals surface area contributed by atoms with Crippen molar-refractivity contribution in [3.63, 3.8) is 0 Å². The van der Waals surface area contributed by atoms with Crippen molar-refractivity contribution < 1.29 is 206 Å². The van der Waals surface area contributed by atoms with E-state index < -0.39 is 91.6 Å². The van der Waals surface area contributed by atoms with E-state index in [9.17, 15) is 67.8 Å². The van der Waals surface area contributed by atoms with Crippen molar-refractivity contribution in [2.24, 2.45) is 28.7 Å². The summed E-state index contributed by atoms with van der Waals surface area (Å²) in [7, 11) is 1.00. The fourth-order valence-electron chi connectivity index (χ4n) is 8.79. The molecule has 0 aliphatic heterocycles. The number of aryl methyl sites for hydroxylation is 3. The Hall–Kier alpha value is -9.49. The van der Waals surface area contributed by atoms with E-state index in [4.69, 9.17) is 84.6 Å². The van der Waals surface area contributed by atoms with E-state index >= 15 is 0 Å². The van der Waals surface area contributed by atoms with E-state index in [1.807, 2.05) is 73.8 Å². The molecule has 8 amide bonds. The molecule has 0 fully saturated rings. The number of aliphatic hydroxyl groups excluding tert-OH is 1. The van der Waals surface area contributed by atoms with Gasteiger partial charge in [-0.05, 0) is 222 Å². The maximum Gasteiger partial charge on any atom is 1.00 e. The summed E-state index contributed by atoms with van der Waals surface area (Å²) in [5.74, 6) is -4.08. The van der Waals surface area contributed by atoms with Gasteiger partial charge in [0, 0.05) is 110 Å². The number of rotatable bonds is 30. The number of unbranched alkanes of at least 4 members (excludes halogenated alkanes) is 4. The van der Waals surface area contributed by atoms with Crippen LogP contribution in [-0.2, 0) is 41.7 Å². The van der Waals surface area contributed by atoms with Crippen molar-refractivity contribution in [3.8, 4) is 4.98 Å². The molecular formula is C75H116BrFK2N20O22. The third-order valence-corrected chi connectivity index (χ3v) is 13.7. The first-order valence-corrected chi connectivity index (χ1v) is 37.3. The van der Waals surface area contributed by atoms with Gasteiger partial charge in [-0.25, -0.2) is 29.0 Å². The van der Waals surface area contributed by atoms with Crippen molar-refractivity contribution in [1.82, 2.24) is 40.6 Å². The Kier molecular flexibility index (Phi) is 63.8. The van der Waals surface area contributed by atoms with Gasteiger partial charge in [0.25, 0.3) is 12.2 Å². The summed E-state index contributed by atoms with van der Waals surface area (Å²) in [6.45, 7) is 30.5. The van der Waals surface area contributed by atoms with Crippen LogP contribution >= 0.6 is 15.9 Å². The number of primary amides is 4. The number of fused-ring (bicyclic) bond motifs is 1. The molecule has 664 valence electrons. The number of nitrogens with two attached hydrogens (primary N) is 7. The van der Waals surface area contributed by atoms with Gasteiger partial charge in [-0.3, -0.25) is 48.9 Å². The largest absolute Gasteiger partial charge is 1.00 e. The van der Waals surface area contributed by atoms with Crippen LogP contribution in [0.5, 0.6) is 0 Å². The van der Waals surface area contributed by atoms with Gasteiger partial charge in [-0.2, -0.15) is 14.8 Å². The zero-order chi connectivity index (χ0) is 92.0. The van der Waals surface area contributed by atoms with Gasteiger partial charge in [-0.15, -0.1) is 0 Å². The number of aliphatic hydroxyl groups is 1. The fraction of sp³-hybridized carbons (Fsp3) is 0.480. The molecule has 0 radical (unpaired) electrons. The van der Waals surface area contributed by atoms with Crippen LogP contribution in [0.15, 0.2) is 78.9 Å². The molecule has 0 bridgehead atoms. The summed E-state index contributed by atoms with van der Waals surface area (Å²) in [5.41, 5.74) is 39.5. The maximum absolute atomic E-state index is 12.7. The summed E-state index contributed by atoms with van der Waals surface area (Å²) < 4.78 is 36.5. The van der Waals surface area contributed by atoms with Crippen LogP contribution in [0.2, 0.25) is 0 Å². The molecular weight excluding hydrogens is 1710 g/mol. The van der Waals surface area contributed by atoms with E-state index in [0.717, 1.165) is 86.8 Å². The first kappa shape index (κ1) is 120. The Labute approximate surface area is 796 Å². The van der Waals surface area contributed by atoms with Gasteiger partial charge in [0.15, 0.2) is 0 Å². The molecule has 0 saturated carbocycles. The summed E-state index contributed by atoms with van der Waals surface area (Å²) in [5, 5.41) is 73.4. The Balaban J connectivity index is -0.000000330. The molecule has 0 spiro atoms. The topological polar surface area (TPSA) is 680 Å². The zero-order valence-electron chi connectivity index (χ0n) is 72.6. The molecule has 46 heteroatoms. The number of aromatic carboxylic acids is 1. The number of anilines is 4. The number of carboxylic acid groups (broad SMARTS) is 1. The first-order valence-electron chi connectivity index (χ1n) is 36.5. The number of halogens is 2. The molecule has 0 saturated heterocycles. The second-order valence-electron chi connectivity index (χ2n) is 28.3. The fourth-order valence-corrected chi connectivity index (χ4v) is 8.79. The van der Waals surface area contributed by atoms with Gasteiger partial charge in [0.1, 0.15) is 38.8 Å². The van der Waals surface area contributed by atoms with Crippen LogP contribution in [-0.4, -0.2) is 175 Å². The zero-order valence-corrected chi connectivity index (χ0v) is 79.4. The van der Waals surface area contributed by atoms with Crippen LogP contribution in [0.25, 0.3) is 11.0 Å². The number of amides is 8. The van der Waals surface area contributed by atoms with Crippen LogP contribution in [0, 0.1) is 43.2 Å². The number of nitriles is 1. The van der Waals surface area contributed by atoms with E-state index in [0.29, 0.717) is 106 Å². The number of carboxylic acids is 1. The number of nitrogens with one attached hydrogen (secondary N) is 6. The smallest absolute Gasteiger partial charge is 1.00 e. The molecule has 42 nitrogen and oxygen atoms in total. The number of aromatic nitrogens is 4. The van der Waals surface area contributed by atoms with Gasteiger partial charge >= 0.3 is 139 Å². The summed E-state index contributed by atoms with van der Waals surface area (Å²) >= 11 is 2.45. The SMILES string of the molecule is CC(C)(C)OC(=O)NCCCCN.CC(C)(C)OC(=O)NCCCCNc1ccc(C(N)=O)cc1N.CC(C)(C)OC(=O)NCCCCNc1ccc(C(N)=O)cc1[N+](=O)[O-].CC(C)(C)OC(=O)NCCCCn1c(N)nc2cc(C(N)=O)ccc21.CCn1nc(C)cc1C(=O)O.CO.N#CBr.NC(=O)c1ccc(F)c([N+](=O)[O-])c1.O=CO[O-].[H-].[K+].[K+]. The molecule has 121 heavy (non-hydrogen) atoms. The third kappa shape index (κ3) is 58.2. The minimum absolute atomic E-state index is 0. The second-order valence-corrected chi connectivity index (χ2v) is 28.6. The van der Waals surface area contributed by atoms with Crippen molar-refractivity contribution >= 4 is 122 Å². The number of imidazole rings is 1. The molecule has 6 rings (SSSR count). The average Bonchev–Trinajstić information content (AvgIpc) is 1.67. The standard InChI is InChI=1S/C17H25N5O3.C16H24N4O5.C16H26N4O3.C9H20N2O2.C7H5FN2O3.C7H10N2O2.CBrN.CH2O3.CH4O.2K.H/c1-17(2,3)25-16(24)20-8-4-5-9-22-13-7-6-11(14(18)23)10-12(13)21-15(22)19;1-16(2,3)25-15(22)19-9-5-4-8-18-12-7-6-11(14(17)21)10-13(12)20(23)24;1-16(2,3)23-15(22)20-9-5-4-8-19-13-7-6-11(14(18)21)10-12(13)17;1-9(2,3)13-8(12)11-7-5-4-6-10;8-5-2-1-4(7(9)11)3-6(5)10(12)13;1-3-9-6(7(10)11)4-5(2)8-9;2-1-3;2-1-4-3;1-2;;;/h6-7,10H,4-5,8-9H2,1-3H3,(H2,18,23)(H2,19,21)(H,20,24);6-7,10,18H,4-5,8-9H2,1-3H3,(H2,17,21)(H,19,22);6-7,10,19H,4-5,8-9,17H2,1-3H3,(H2,18,21)(H,20,22);4-7,10H2,1-3H3,(H,11,12);1-3H,(H2,9,11);4H,3H2,1-2H3,(H,10,11);;1,3H;2H,1H3;;;/q;;;;;;;;;2*+1;-1/p-1. The number of benzene rings is 4. The Morgan fingerprint density at radius 2 is 0.917 bits per heavy atom. The minimum atomic E-state index is -0.991. The average molecular weight is 1830 g/mol. The van der Waals surface area contributed by atoms with E-state index in [-0.39, 0.29) is 139 Å². The van der Waals surface area contributed by atoms with Gasteiger partial charge in [-0.1, -0.05) is 0 Å². The maximum atomic E-state index is 12.7. The van der Waals surface area contributed by atoms with Crippen LogP contribution in [0.3, 0.4) is 0 Å². The first-order chi connectivity index (χ1) is 55.4. The molecule has 0 aliphatic carbocycles. The molecule has 2 aromatic heterocycles. The Morgan fingerprint density at radius 3 is 1.26 bits per heavy atom. The normalized spacial score (nSPS) is 10.1. The number of hydrogen-bond donors (Lipinski definition) is 15. The number of hydrogen-bond acceptors (Lipinski definition) is 29. The molecule has 0 aliphatic rings. The van der Waals surface area contributed by atoms with Crippen LogP contribution in [0.1, 0.15) is 200 Å². The van der Waals surface area contributed by atoms with Crippen molar-refractivity contribution in [1.29, 1.82) is 5.26 Å². The Bertz CT molecular complexity index is 4270. The number of nitro groups is 2. The molecule has 0 unspecified atom stereocenters. The van der Waals surface area contributed by atoms with Crippen molar-refractivity contribution in [2.75, 3.05) is 75.0 Å². The summed E-state index contributed by atoms with van der Waals surface area (Å²) in [6.07, 6.45) is 4.78. The van der Waals surface area contributed by atoms with Gasteiger partial charge in [0.05, 0.1) is 37.9 Å². The second kappa shape index (κ2) is 64.4. The molecule has 6 aromatic rings.